The highest BCUT2D eigenvalue weighted by Crippen LogP contribution is 2.37. The molecular formula is C16H19N3O2. The van der Waals surface area contributed by atoms with Crippen LogP contribution in [0, 0.1) is 5.41 Å². The maximum absolute atomic E-state index is 11.6. The van der Waals surface area contributed by atoms with E-state index in [-0.39, 0.29) is 0 Å². The highest BCUT2D eigenvalue weighted by molar-refractivity contribution is 5.78. The predicted molar refractivity (Wildman–Crippen MR) is 81.3 cm³/mol. The minimum atomic E-state index is -0.694. The molecule has 0 amide bonds. The largest absolute Gasteiger partial charge is 0.481 e. The molecule has 2 aromatic rings. The van der Waals surface area contributed by atoms with E-state index in [1.807, 2.05) is 36.1 Å². The minimum absolute atomic E-state index is 0.517. The first-order valence-corrected chi connectivity index (χ1v) is 7.35. The molecule has 5 heteroatoms. The molecule has 1 aromatic carbocycles. The van der Waals surface area contributed by atoms with Gasteiger partial charge in [0.2, 0.25) is 0 Å². The molecule has 1 atom stereocenters. The number of carboxylic acid groups (broad SMARTS) is 1. The topological polar surface area (TPSA) is 66.3 Å². The first-order valence-electron chi connectivity index (χ1n) is 7.35. The molecular weight excluding hydrogens is 266 g/mol. The van der Waals surface area contributed by atoms with Gasteiger partial charge in [-0.2, -0.15) is 0 Å². The number of hydrogen-bond acceptors (Lipinski definition) is 4. The van der Waals surface area contributed by atoms with E-state index in [4.69, 9.17) is 0 Å². The molecule has 1 saturated heterocycles. The third-order valence-electron chi connectivity index (χ3n) is 4.30. The zero-order chi connectivity index (χ0) is 14.9. The lowest BCUT2D eigenvalue weighted by atomic mass is 9.83. The second-order valence-corrected chi connectivity index (χ2v) is 5.72. The number of aliphatic carboxylic acids is 1. The van der Waals surface area contributed by atoms with E-state index in [2.05, 4.69) is 9.97 Å². The Balaban J connectivity index is 1.88. The van der Waals surface area contributed by atoms with Crippen molar-refractivity contribution in [2.75, 3.05) is 18.0 Å². The van der Waals surface area contributed by atoms with Crippen LogP contribution in [0.25, 0.3) is 11.0 Å². The van der Waals surface area contributed by atoms with Crippen molar-refractivity contribution in [1.82, 2.24) is 9.97 Å². The second-order valence-electron chi connectivity index (χ2n) is 5.72. The van der Waals surface area contributed by atoms with Gasteiger partial charge in [-0.05, 0) is 25.0 Å². The first-order chi connectivity index (χ1) is 10.1. The van der Waals surface area contributed by atoms with Gasteiger partial charge < -0.3 is 10.0 Å². The van der Waals surface area contributed by atoms with E-state index in [0.29, 0.717) is 19.4 Å². The van der Waals surface area contributed by atoms with Crippen molar-refractivity contribution in [3.8, 4) is 0 Å². The van der Waals surface area contributed by atoms with Gasteiger partial charge in [-0.25, -0.2) is 4.98 Å². The molecule has 1 unspecified atom stereocenters. The molecule has 1 aromatic heterocycles. The van der Waals surface area contributed by atoms with Crippen molar-refractivity contribution in [1.29, 1.82) is 0 Å². The number of nitrogens with zero attached hydrogens (tertiary/aromatic N) is 3. The van der Waals surface area contributed by atoms with Crippen molar-refractivity contribution in [3.05, 3.63) is 30.5 Å². The summed E-state index contributed by atoms with van der Waals surface area (Å²) >= 11 is 0. The average molecular weight is 285 g/mol. The van der Waals surface area contributed by atoms with Crippen LogP contribution in [0.5, 0.6) is 0 Å². The summed E-state index contributed by atoms with van der Waals surface area (Å²) < 4.78 is 0. The van der Waals surface area contributed by atoms with Gasteiger partial charge in [0, 0.05) is 13.1 Å². The van der Waals surface area contributed by atoms with Crippen LogP contribution in [0.1, 0.15) is 26.2 Å². The highest BCUT2D eigenvalue weighted by atomic mass is 16.4. The fourth-order valence-corrected chi connectivity index (χ4v) is 3.13. The number of fused-ring (bicyclic) bond motifs is 1. The summed E-state index contributed by atoms with van der Waals surface area (Å²) in [6.45, 7) is 3.27. The SMILES string of the molecule is CCCC1(C(=O)O)CCN(c2cnc3ccccc3n2)C1. The number of rotatable bonds is 4. The van der Waals surface area contributed by atoms with Crippen molar-refractivity contribution in [3.63, 3.8) is 0 Å². The van der Waals surface area contributed by atoms with Crippen molar-refractivity contribution in [2.24, 2.45) is 5.41 Å². The van der Waals surface area contributed by atoms with Crippen LogP contribution in [-0.4, -0.2) is 34.1 Å². The first kappa shape index (κ1) is 13.8. The van der Waals surface area contributed by atoms with Gasteiger partial charge in [-0.1, -0.05) is 25.5 Å². The molecule has 2 heterocycles. The Bertz CT molecular complexity index is 673. The van der Waals surface area contributed by atoms with Crippen LogP contribution in [0.15, 0.2) is 30.5 Å². The van der Waals surface area contributed by atoms with Crippen molar-refractivity contribution < 1.29 is 9.90 Å². The number of para-hydroxylation sites is 2. The van der Waals surface area contributed by atoms with E-state index in [0.717, 1.165) is 29.8 Å². The summed E-state index contributed by atoms with van der Waals surface area (Å²) in [5.41, 5.74) is 1.07. The molecule has 110 valence electrons. The second kappa shape index (κ2) is 5.31. The Morgan fingerprint density at radius 2 is 2.14 bits per heavy atom. The maximum Gasteiger partial charge on any atom is 0.311 e. The van der Waals surface area contributed by atoms with Crippen LogP contribution in [0.4, 0.5) is 5.82 Å². The lowest BCUT2D eigenvalue weighted by Crippen LogP contribution is -2.34. The van der Waals surface area contributed by atoms with E-state index >= 15 is 0 Å². The maximum atomic E-state index is 11.6. The number of hydrogen-bond donors (Lipinski definition) is 1. The Kier molecular flexibility index (Phi) is 3.49. The number of carbonyl (C=O) groups is 1. The molecule has 0 saturated carbocycles. The quantitative estimate of drug-likeness (QED) is 0.935. The van der Waals surface area contributed by atoms with Crippen LogP contribution < -0.4 is 4.90 Å². The van der Waals surface area contributed by atoms with Gasteiger partial charge in [0.05, 0.1) is 22.6 Å². The fraction of sp³-hybridized carbons (Fsp3) is 0.438. The van der Waals surface area contributed by atoms with Crippen LogP contribution in [-0.2, 0) is 4.79 Å². The van der Waals surface area contributed by atoms with Crippen LogP contribution in [0.3, 0.4) is 0 Å². The number of benzene rings is 1. The summed E-state index contributed by atoms with van der Waals surface area (Å²) in [7, 11) is 0. The molecule has 0 bridgehead atoms. The monoisotopic (exact) mass is 285 g/mol. The number of aromatic nitrogens is 2. The molecule has 21 heavy (non-hydrogen) atoms. The summed E-state index contributed by atoms with van der Waals surface area (Å²) in [6.07, 6.45) is 4.00. The highest BCUT2D eigenvalue weighted by Gasteiger charge is 2.44. The minimum Gasteiger partial charge on any atom is -0.481 e. The molecule has 1 N–H and O–H groups in total. The van der Waals surface area contributed by atoms with E-state index < -0.39 is 11.4 Å². The fourth-order valence-electron chi connectivity index (χ4n) is 3.13. The third kappa shape index (κ3) is 2.44. The van der Waals surface area contributed by atoms with Gasteiger partial charge in [0.25, 0.3) is 0 Å². The lowest BCUT2D eigenvalue weighted by Gasteiger charge is -2.24. The van der Waals surface area contributed by atoms with Crippen LogP contribution >= 0.6 is 0 Å². The zero-order valence-corrected chi connectivity index (χ0v) is 12.1. The summed E-state index contributed by atoms with van der Waals surface area (Å²) in [4.78, 5) is 22.7. The van der Waals surface area contributed by atoms with Crippen LogP contribution in [0.2, 0.25) is 0 Å². The average Bonchev–Trinajstić information content (AvgIpc) is 2.93. The predicted octanol–water partition coefficient (Wildman–Crippen LogP) is 2.71. The smallest absolute Gasteiger partial charge is 0.311 e. The van der Waals surface area contributed by atoms with E-state index in [1.165, 1.54) is 0 Å². The Labute approximate surface area is 123 Å². The summed E-state index contributed by atoms with van der Waals surface area (Å²) in [5, 5.41) is 9.57. The Hall–Kier alpha value is -2.17. The van der Waals surface area contributed by atoms with Crippen molar-refractivity contribution >= 4 is 22.8 Å². The number of carboxylic acids is 1. The van der Waals surface area contributed by atoms with E-state index in [1.54, 1.807) is 6.20 Å². The molecule has 0 aliphatic carbocycles. The molecule has 3 rings (SSSR count). The Morgan fingerprint density at radius 1 is 1.38 bits per heavy atom. The molecule has 1 aliphatic heterocycles. The molecule has 5 nitrogen and oxygen atoms in total. The van der Waals surface area contributed by atoms with Gasteiger partial charge in [0.1, 0.15) is 5.82 Å². The lowest BCUT2D eigenvalue weighted by molar-refractivity contribution is -0.148. The number of anilines is 1. The van der Waals surface area contributed by atoms with Crippen molar-refractivity contribution in [2.45, 2.75) is 26.2 Å². The third-order valence-corrected chi connectivity index (χ3v) is 4.30. The van der Waals surface area contributed by atoms with Gasteiger partial charge in [-0.15, -0.1) is 0 Å². The molecule has 0 radical (unpaired) electrons. The molecule has 0 spiro atoms. The van der Waals surface area contributed by atoms with Gasteiger partial charge in [-0.3, -0.25) is 9.78 Å². The van der Waals surface area contributed by atoms with E-state index in [9.17, 15) is 9.90 Å². The normalized spacial score (nSPS) is 21.9. The molecule has 1 aliphatic rings. The Morgan fingerprint density at radius 3 is 2.86 bits per heavy atom. The summed E-state index contributed by atoms with van der Waals surface area (Å²) in [6, 6.07) is 7.72. The summed E-state index contributed by atoms with van der Waals surface area (Å²) in [5.74, 6) is 0.0773. The zero-order valence-electron chi connectivity index (χ0n) is 12.1. The standard InChI is InChI=1S/C16H19N3O2/c1-2-7-16(15(20)21)8-9-19(11-16)14-10-17-12-5-3-4-6-13(12)18-14/h3-6,10H,2,7-9,11H2,1H3,(H,20,21). The van der Waals surface area contributed by atoms with Gasteiger partial charge >= 0.3 is 5.97 Å². The molecule has 1 fully saturated rings. The van der Waals surface area contributed by atoms with Gasteiger partial charge in [0.15, 0.2) is 0 Å².